The number of hydrogen-bond acceptors (Lipinski definition) is 4. The summed E-state index contributed by atoms with van der Waals surface area (Å²) < 4.78 is 1.64. The lowest BCUT2D eigenvalue weighted by atomic mass is 10.2. The van der Waals surface area contributed by atoms with E-state index < -0.39 is 0 Å². The number of rotatable bonds is 2. The van der Waals surface area contributed by atoms with Crippen LogP contribution in [0.2, 0.25) is 0 Å². The standard InChI is InChI=1S/C18H14N4O/c1-12-19-16-14-9-5-6-10-15(14)20-21-17(16)18(23)22(12)11-13-7-3-2-4-8-13/h2-10H,11H2,1H3. The Morgan fingerprint density at radius 1 is 0.913 bits per heavy atom. The predicted molar refractivity (Wildman–Crippen MR) is 89.4 cm³/mol. The van der Waals surface area contributed by atoms with Crippen LogP contribution in [0.15, 0.2) is 59.4 Å². The summed E-state index contributed by atoms with van der Waals surface area (Å²) in [4.78, 5) is 17.4. The van der Waals surface area contributed by atoms with Crippen LogP contribution in [0, 0.1) is 6.92 Å². The molecule has 2 aromatic carbocycles. The predicted octanol–water partition coefficient (Wildman–Crippen LogP) is 2.70. The normalized spacial score (nSPS) is 11.2. The van der Waals surface area contributed by atoms with Crippen LogP contribution in [-0.2, 0) is 6.54 Å². The van der Waals surface area contributed by atoms with E-state index in [1.807, 2.05) is 61.5 Å². The van der Waals surface area contributed by atoms with E-state index >= 15 is 0 Å². The van der Waals surface area contributed by atoms with Gasteiger partial charge in [0.05, 0.1) is 12.1 Å². The zero-order valence-electron chi connectivity index (χ0n) is 12.6. The molecule has 0 saturated heterocycles. The third kappa shape index (κ3) is 2.26. The molecule has 0 saturated carbocycles. The molecule has 0 aliphatic heterocycles. The molecule has 5 heteroatoms. The average molecular weight is 302 g/mol. The quantitative estimate of drug-likeness (QED) is 0.534. The highest BCUT2D eigenvalue weighted by molar-refractivity contribution is 6.00. The van der Waals surface area contributed by atoms with E-state index in [0.717, 1.165) is 16.5 Å². The molecule has 0 amide bonds. The van der Waals surface area contributed by atoms with Crippen molar-refractivity contribution in [2.24, 2.45) is 0 Å². The van der Waals surface area contributed by atoms with E-state index in [0.29, 0.717) is 23.4 Å². The van der Waals surface area contributed by atoms with Gasteiger partial charge >= 0.3 is 0 Å². The maximum atomic E-state index is 12.8. The maximum absolute atomic E-state index is 12.8. The largest absolute Gasteiger partial charge is 0.290 e. The summed E-state index contributed by atoms with van der Waals surface area (Å²) in [6.07, 6.45) is 0. The molecule has 2 heterocycles. The molecule has 0 aliphatic rings. The highest BCUT2D eigenvalue weighted by Gasteiger charge is 2.13. The van der Waals surface area contributed by atoms with Crippen molar-refractivity contribution in [3.05, 3.63) is 76.3 Å². The Morgan fingerprint density at radius 2 is 1.65 bits per heavy atom. The van der Waals surface area contributed by atoms with E-state index in [2.05, 4.69) is 15.2 Å². The van der Waals surface area contributed by atoms with Gasteiger partial charge in [0.1, 0.15) is 11.3 Å². The van der Waals surface area contributed by atoms with Gasteiger partial charge in [0, 0.05) is 5.39 Å². The monoisotopic (exact) mass is 302 g/mol. The third-order valence-corrected chi connectivity index (χ3v) is 3.94. The highest BCUT2D eigenvalue weighted by Crippen LogP contribution is 2.18. The zero-order chi connectivity index (χ0) is 15.8. The van der Waals surface area contributed by atoms with Gasteiger partial charge in [-0.15, -0.1) is 10.2 Å². The van der Waals surface area contributed by atoms with Gasteiger partial charge in [-0.1, -0.05) is 48.5 Å². The molecule has 0 bridgehead atoms. The smallest absolute Gasteiger partial charge is 0.282 e. The second-order valence-corrected chi connectivity index (χ2v) is 5.45. The number of benzene rings is 2. The SMILES string of the molecule is Cc1nc2c(nnc3ccccc32)c(=O)n1Cc1ccccc1. The van der Waals surface area contributed by atoms with Gasteiger partial charge in [0.2, 0.25) is 0 Å². The van der Waals surface area contributed by atoms with Gasteiger partial charge in [0.25, 0.3) is 5.56 Å². The van der Waals surface area contributed by atoms with Crippen molar-refractivity contribution < 1.29 is 0 Å². The van der Waals surface area contributed by atoms with Gasteiger partial charge in [-0.2, -0.15) is 0 Å². The van der Waals surface area contributed by atoms with Crippen LogP contribution in [0.4, 0.5) is 0 Å². The first-order valence-electron chi connectivity index (χ1n) is 7.40. The Hall–Kier alpha value is -3.08. The fourth-order valence-electron chi connectivity index (χ4n) is 2.75. The van der Waals surface area contributed by atoms with Gasteiger partial charge < -0.3 is 0 Å². The lowest BCUT2D eigenvalue weighted by Gasteiger charge is -2.11. The summed E-state index contributed by atoms with van der Waals surface area (Å²) in [5.41, 5.74) is 2.56. The minimum absolute atomic E-state index is 0.158. The number of aromatic nitrogens is 4. The zero-order valence-corrected chi connectivity index (χ0v) is 12.6. The molecule has 112 valence electrons. The summed E-state index contributed by atoms with van der Waals surface area (Å²) >= 11 is 0. The molecule has 0 spiro atoms. The van der Waals surface area contributed by atoms with Crippen LogP contribution in [0.3, 0.4) is 0 Å². The van der Waals surface area contributed by atoms with Crippen molar-refractivity contribution in [3.63, 3.8) is 0 Å². The molecular weight excluding hydrogens is 288 g/mol. The number of fused-ring (bicyclic) bond motifs is 3. The van der Waals surface area contributed by atoms with Crippen molar-refractivity contribution in [2.45, 2.75) is 13.5 Å². The first kappa shape index (κ1) is 13.6. The van der Waals surface area contributed by atoms with Crippen molar-refractivity contribution in [1.82, 2.24) is 19.7 Å². The Balaban J connectivity index is 1.97. The molecule has 0 N–H and O–H groups in total. The molecule has 4 rings (SSSR count). The summed E-state index contributed by atoms with van der Waals surface area (Å²) in [5, 5.41) is 9.10. The van der Waals surface area contributed by atoms with Gasteiger partial charge in [-0.05, 0) is 18.6 Å². The number of hydrogen-bond donors (Lipinski definition) is 0. The molecule has 4 aromatic rings. The van der Waals surface area contributed by atoms with Crippen molar-refractivity contribution in [2.75, 3.05) is 0 Å². The highest BCUT2D eigenvalue weighted by atomic mass is 16.1. The fourth-order valence-corrected chi connectivity index (χ4v) is 2.75. The molecular formula is C18H14N4O. The summed E-state index contributed by atoms with van der Waals surface area (Å²) in [6, 6.07) is 17.4. The minimum atomic E-state index is -0.158. The second-order valence-electron chi connectivity index (χ2n) is 5.45. The lowest BCUT2D eigenvalue weighted by Crippen LogP contribution is -2.25. The van der Waals surface area contributed by atoms with Crippen LogP contribution in [0.5, 0.6) is 0 Å². The lowest BCUT2D eigenvalue weighted by molar-refractivity contribution is 0.709. The first-order valence-corrected chi connectivity index (χ1v) is 7.40. The van der Waals surface area contributed by atoms with Crippen molar-refractivity contribution >= 4 is 21.9 Å². The van der Waals surface area contributed by atoms with E-state index in [1.54, 1.807) is 4.57 Å². The number of aryl methyl sites for hydroxylation is 1. The van der Waals surface area contributed by atoms with Gasteiger partial charge in [-0.25, -0.2) is 4.98 Å². The van der Waals surface area contributed by atoms with E-state index in [-0.39, 0.29) is 5.56 Å². The topological polar surface area (TPSA) is 60.7 Å². The summed E-state index contributed by atoms with van der Waals surface area (Å²) in [6.45, 7) is 2.32. The molecule has 0 unspecified atom stereocenters. The average Bonchev–Trinajstić information content (AvgIpc) is 2.59. The molecule has 2 aromatic heterocycles. The van der Waals surface area contributed by atoms with Crippen LogP contribution < -0.4 is 5.56 Å². The van der Waals surface area contributed by atoms with Crippen LogP contribution in [-0.4, -0.2) is 19.7 Å². The van der Waals surface area contributed by atoms with Crippen molar-refractivity contribution in [1.29, 1.82) is 0 Å². The van der Waals surface area contributed by atoms with Crippen LogP contribution >= 0.6 is 0 Å². The molecule has 0 fully saturated rings. The maximum Gasteiger partial charge on any atom is 0.282 e. The number of nitrogens with zero attached hydrogens (tertiary/aromatic N) is 4. The molecule has 0 radical (unpaired) electrons. The third-order valence-electron chi connectivity index (χ3n) is 3.94. The van der Waals surface area contributed by atoms with E-state index in [9.17, 15) is 4.79 Å². The van der Waals surface area contributed by atoms with E-state index in [4.69, 9.17) is 0 Å². The molecule has 23 heavy (non-hydrogen) atoms. The molecule has 0 aliphatic carbocycles. The van der Waals surface area contributed by atoms with Crippen LogP contribution in [0.25, 0.3) is 21.9 Å². The van der Waals surface area contributed by atoms with Crippen LogP contribution in [0.1, 0.15) is 11.4 Å². The second kappa shape index (κ2) is 5.28. The summed E-state index contributed by atoms with van der Waals surface area (Å²) in [7, 11) is 0. The Bertz CT molecular complexity index is 1070. The van der Waals surface area contributed by atoms with E-state index in [1.165, 1.54) is 0 Å². The fraction of sp³-hybridized carbons (Fsp3) is 0.111. The summed E-state index contributed by atoms with van der Waals surface area (Å²) in [5.74, 6) is 0.671. The molecule has 0 atom stereocenters. The minimum Gasteiger partial charge on any atom is -0.290 e. The van der Waals surface area contributed by atoms with Crippen molar-refractivity contribution in [3.8, 4) is 0 Å². The Kier molecular flexibility index (Phi) is 3.12. The Labute approximate surface area is 132 Å². The molecule has 5 nitrogen and oxygen atoms in total. The van der Waals surface area contributed by atoms with Gasteiger partial charge in [0.15, 0.2) is 5.52 Å². The first-order chi connectivity index (χ1) is 11.2. The van der Waals surface area contributed by atoms with Gasteiger partial charge in [-0.3, -0.25) is 9.36 Å². The Morgan fingerprint density at radius 3 is 2.48 bits per heavy atom.